The number of ether oxygens (including phenoxy) is 1. The molecule has 3 aromatic rings. The number of aryl methyl sites for hydroxylation is 2. The number of benzene rings is 1. The summed E-state index contributed by atoms with van der Waals surface area (Å²) in [6, 6.07) is 7.41. The summed E-state index contributed by atoms with van der Waals surface area (Å²) < 4.78 is 6.65. The number of nitrogens with zero attached hydrogens (tertiary/aromatic N) is 2. The van der Waals surface area contributed by atoms with E-state index in [1.54, 1.807) is 35.2 Å². The summed E-state index contributed by atoms with van der Waals surface area (Å²) in [6.07, 6.45) is 5.36. The Hall–Kier alpha value is -2.12. The molecule has 2 aromatic heterocycles. The number of fused-ring (bicyclic) bond motifs is 3. The summed E-state index contributed by atoms with van der Waals surface area (Å²) in [5.41, 5.74) is 2.98. The number of aromatic nitrogens is 2. The van der Waals surface area contributed by atoms with Gasteiger partial charge in [0.2, 0.25) is 0 Å². The fourth-order valence-corrected chi connectivity index (χ4v) is 6.20. The predicted molar refractivity (Wildman–Crippen MR) is 127 cm³/mol. The average Bonchev–Trinajstić information content (AvgIpc) is 3.15. The monoisotopic (exact) mass is 456 g/mol. The van der Waals surface area contributed by atoms with Crippen LogP contribution in [-0.2, 0) is 29.9 Å². The SMILES string of the molecule is COC(=O)c1ccc(CSc2nc3sc4c(c3c(=O)n2CCC(C)C)CCCC4)cc1. The van der Waals surface area contributed by atoms with Gasteiger partial charge in [-0.05, 0) is 61.3 Å². The van der Waals surface area contributed by atoms with E-state index in [4.69, 9.17) is 9.72 Å². The van der Waals surface area contributed by atoms with E-state index in [0.717, 1.165) is 46.6 Å². The quantitative estimate of drug-likeness (QED) is 0.268. The van der Waals surface area contributed by atoms with Crippen molar-refractivity contribution in [1.29, 1.82) is 0 Å². The minimum absolute atomic E-state index is 0.119. The summed E-state index contributed by atoms with van der Waals surface area (Å²) in [4.78, 5) is 32.4. The Morgan fingerprint density at radius 2 is 1.97 bits per heavy atom. The topological polar surface area (TPSA) is 61.2 Å². The van der Waals surface area contributed by atoms with Crippen LogP contribution in [0.15, 0.2) is 34.2 Å². The Labute approximate surface area is 190 Å². The highest BCUT2D eigenvalue weighted by molar-refractivity contribution is 7.98. The summed E-state index contributed by atoms with van der Waals surface area (Å²) in [5, 5.41) is 1.64. The van der Waals surface area contributed by atoms with Crippen LogP contribution in [0.3, 0.4) is 0 Å². The number of hydrogen-bond donors (Lipinski definition) is 0. The van der Waals surface area contributed by atoms with Crippen molar-refractivity contribution in [1.82, 2.24) is 9.55 Å². The molecule has 0 atom stereocenters. The Kier molecular flexibility index (Phi) is 6.82. The van der Waals surface area contributed by atoms with Gasteiger partial charge in [-0.25, -0.2) is 9.78 Å². The third-order valence-corrected chi connectivity index (χ3v) is 7.95. The van der Waals surface area contributed by atoms with Gasteiger partial charge in [-0.2, -0.15) is 0 Å². The molecular weight excluding hydrogens is 428 g/mol. The lowest BCUT2D eigenvalue weighted by Gasteiger charge is -2.14. The first-order valence-corrected chi connectivity index (χ1v) is 12.6. The van der Waals surface area contributed by atoms with Crippen molar-refractivity contribution in [2.75, 3.05) is 7.11 Å². The molecule has 4 rings (SSSR count). The van der Waals surface area contributed by atoms with E-state index in [1.165, 1.54) is 24.0 Å². The van der Waals surface area contributed by atoms with Gasteiger partial charge in [0, 0.05) is 17.2 Å². The van der Waals surface area contributed by atoms with Crippen molar-refractivity contribution in [2.45, 2.75) is 63.4 Å². The van der Waals surface area contributed by atoms with Crippen molar-refractivity contribution >= 4 is 39.3 Å². The zero-order chi connectivity index (χ0) is 22.0. The van der Waals surface area contributed by atoms with Crippen LogP contribution in [0.1, 0.15) is 59.5 Å². The second-order valence-electron chi connectivity index (χ2n) is 8.40. The first kappa shape index (κ1) is 22.1. The van der Waals surface area contributed by atoms with Gasteiger partial charge >= 0.3 is 5.97 Å². The maximum atomic E-state index is 13.5. The van der Waals surface area contributed by atoms with Crippen LogP contribution < -0.4 is 5.56 Å². The molecule has 1 aromatic carbocycles. The first-order chi connectivity index (χ1) is 15.0. The fourth-order valence-electron chi connectivity index (χ4n) is 3.92. The zero-order valence-corrected chi connectivity index (χ0v) is 19.9. The fraction of sp³-hybridized carbons (Fsp3) is 0.458. The molecule has 0 radical (unpaired) electrons. The van der Waals surface area contributed by atoms with Gasteiger partial charge in [0.05, 0.1) is 18.1 Å². The highest BCUT2D eigenvalue weighted by Gasteiger charge is 2.22. The number of carbonyl (C=O) groups excluding carboxylic acids is 1. The molecule has 5 nitrogen and oxygen atoms in total. The molecule has 0 amide bonds. The Morgan fingerprint density at radius 3 is 2.68 bits per heavy atom. The number of methoxy groups -OCH3 is 1. The molecule has 0 saturated carbocycles. The Morgan fingerprint density at radius 1 is 1.23 bits per heavy atom. The van der Waals surface area contributed by atoms with Gasteiger partial charge in [0.1, 0.15) is 4.83 Å². The molecule has 0 bridgehead atoms. The predicted octanol–water partition coefficient (Wildman–Crippen LogP) is 5.46. The smallest absolute Gasteiger partial charge is 0.337 e. The number of rotatable bonds is 7. The van der Waals surface area contributed by atoms with Gasteiger partial charge in [-0.1, -0.05) is 37.7 Å². The summed E-state index contributed by atoms with van der Waals surface area (Å²) >= 11 is 3.29. The zero-order valence-electron chi connectivity index (χ0n) is 18.3. The van der Waals surface area contributed by atoms with Crippen molar-refractivity contribution in [2.24, 2.45) is 5.92 Å². The molecule has 0 fully saturated rings. The van der Waals surface area contributed by atoms with E-state index in [0.29, 0.717) is 23.8 Å². The van der Waals surface area contributed by atoms with Crippen LogP contribution in [0.25, 0.3) is 10.2 Å². The van der Waals surface area contributed by atoms with Crippen molar-refractivity contribution < 1.29 is 9.53 Å². The molecule has 31 heavy (non-hydrogen) atoms. The average molecular weight is 457 g/mol. The normalized spacial score (nSPS) is 13.5. The molecule has 164 valence electrons. The second kappa shape index (κ2) is 9.57. The molecule has 1 aliphatic carbocycles. The van der Waals surface area contributed by atoms with Gasteiger partial charge in [-0.15, -0.1) is 11.3 Å². The summed E-state index contributed by atoms with van der Waals surface area (Å²) in [5.74, 6) is 0.866. The van der Waals surface area contributed by atoms with E-state index in [-0.39, 0.29) is 11.5 Å². The minimum Gasteiger partial charge on any atom is -0.465 e. The van der Waals surface area contributed by atoms with E-state index in [1.807, 2.05) is 16.7 Å². The van der Waals surface area contributed by atoms with Crippen LogP contribution in [0, 0.1) is 5.92 Å². The highest BCUT2D eigenvalue weighted by atomic mass is 32.2. The second-order valence-corrected chi connectivity index (χ2v) is 10.4. The van der Waals surface area contributed by atoms with E-state index in [9.17, 15) is 9.59 Å². The van der Waals surface area contributed by atoms with Crippen LogP contribution in [0.5, 0.6) is 0 Å². The maximum absolute atomic E-state index is 13.5. The van der Waals surface area contributed by atoms with Crippen molar-refractivity contribution in [3.63, 3.8) is 0 Å². The van der Waals surface area contributed by atoms with Crippen LogP contribution in [-0.4, -0.2) is 22.6 Å². The Balaban J connectivity index is 1.66. The number of thiophene rings is 1. The molecule has 7 heteroatoms. The minimum atomic E-state index is -0.337. The van der Waals surface area contributed by atoms with E-state index >= 15 is 0 Å². The first-order valence-electron chi connectivity index (χ1n) is 10.8. The number of hydrogen-bond acceptors (Lipinski definition) is 6. The lowest BCUT2D eigenvalue weighted by molar-refractivity contribution is 0.0600. The lowest BCUT2D eigenvalue weighted by Crippen LogP contribution is -2.24. The van der Waals surface area contributed by atoms with Gasteiger partial charge < -0.3 is 4.74 Å². The molecular formula is C24H28N2O3S2. The molecule has 0 spiro atoms. The van der Waals surface area contributed by atoms with Crippen LogP contribution in [0.2, 0.25) is 0 Å². The molecule has 0 unspecified atom stereocenters. The van der Waals surface area contributed by atoms with E-state index in [2.05, 4.69) is 13.8 Å². The van der Waals surface area contributed by atoms with Gasteiger partial charge in [0.25, 0.3) is 5.56 Å². The standard InChI is InChI=1S/C24H28N2O3S2/c1-15(2)12-13-26-22(27)20-18-6-4-5-7-19(18)31-21(20)25-24(26)30-14-16-8-10-17(11-9-16)23(28)29-3/h8-11,15H,4-7,12-14H2,1-3H3. The largest absolute Gasteiger partial charge is 0.465 e. The number of thioether (sulfide) groups is 1. The van der Waals surface area contributed by atoms with Crippen LogP contribution in [0.4, 0.5) is 0 Å². The number of esters is 1. The molecule has 2 heterocycles. The molecule has 0 aliphatic heterocycles. The summed E-state index contributed by atoms with van der Waals surface area (Å²) in [6.45, 7) is 5.05. The van der Waals surface area contributed by atoms with Crippen LogP contribution >= 0.6 is 23.1 Å². The highest BCUT2D eigenvalue weighted by Crippen LogP contribution is 2.35. The maximum Gasteiger partial charge on any atom is 0.337 e. The molecule has 0 N–H and O–H groups in total. The van der Waals surface area contributed by atoms with Crippen molar-refractivity contribution in [3.8, 4) is 0 Å². The third-order valence-electron chi connectivity index (χ3n) is 5.71. The van der Waals surface area contributed by atoms with E-state index < -0.39 is 0 Å². The van der Waals surface area contributed by atoms with Gasteiger partial charge in [0.15, 0.2) is 5.16 Å². The summed E-state index contributed by atoms with van der Waals surface area (Å²) in [7, 11) is 1.38. The third kappa shape index (κ3) is 4.72. The molecule has 1 aliphatic rings. The van der Waals surface area contributed by atoms with Crippen molar-refractivity contribution in [3.05, 3.63) is 56.2 Å². The number of carbonyl (C=O) groups is 1. The lowest BCUT2D eigenvalue weighted by atomic mass is 9.97. The van der Waals surface area contributed by atoms with Gasteiger partial charge in [-0.3, -0.25) is 9.36 Å². The molecule has 0 saturated heterocycles. The Bertz CT molecular complexity index is 1150.